The Morgan fingerprint density at radius 2 is 2.50 bits per heavy atom. The van der Waals surface area contributed by atoms with E-state index in [1.54, 1.807) is 11.8 Å². The van der Waals surface area contributed by atoms with Crippen molar-refractivity contribution >= 4 is 17.3 Å². The molecule has 1 heterocycles. The molecule has 0 fully saturated rings. The summed E-state index contributed by atoms with van der Waals surface area (Å²) in [7, 11) is 0. The van der Waals surface area contributed by atoms with E-state index in [0.717, 1.165) is 6.42 Å². The molecular formula is C7H13NOS. The largest absolute Gasteiger partial charge is 0.394 e. The number of thioether (sulfide) groups is 1. The van der Waals surface area contributed by atoms with Gasteiger partial charge in [0.2, 0.25) is 0 Å². The van der Waals surface area contributed by atoms with Crippen LogP contribution in [-0.2, 0) is 0 Å². The third-order valence-corrected chi connectivity index (χ3v) is 3.47. The highest BCUT2D eigenvalue weighted by Crippen LogP contribution is 2.36. The van der Waals surface area contributed by atoms with Crippen LogP contribution in [0.1, 0.15) is 20.3 Å². The molecule has 1 aliphatic heterocycles. The first kappa shape index (κ1) is 8.08. The average molecular weight is 159 g/mol. The van der Waals surface area contributed by atoms with E-state index in [0.29, 0.717) is 0 Å². The van der Waals surface area contributed by atoms with E-state index < -0.39 is 0 Å². The van der Waals surface area contributed by atoms with E-state index >= 15 is 0 Å². The van der Waals surface area contributed by atoms with Crippen molar-refractivity contribution in [3.8, 4) is 0 Å². The summed E-state index contributed by atoms with van der Waals surface area (Å²) >= 11 is 1.73. The van der Waals surface area contributed by atoms with Crippen LogP contribution < -0.4 is 0 Å². The number of hydrogen-bond donors (Lipinski definition) is 1. The molecule has 58 valence electrons. The number of hydrogen-bond acceptors (Lipinski definition) is 3. The minimum atomic E-state index is 0.113. The lowest BCUT2D eigenvalue weighted by Gasteiger charge is -2.25. The minimum absolute atomic E-state index is 0.113. The summed E-state index contributed by atoms with van der Waals surface area (Å²) in [5.74, 6) is 0. The van der Waals surface area contributed by atoms with Crippen molar-refractivity contribution in [3.05, 3.63) is 0 Å². The van der Waals surface area contributed by atoms with E-state index in [-0.39, 0.29) is 17.4 Å². The van der Waals surface area contributed by atoms with Crippen LogP contribution in [0.5, 0.6) is 0 Å². The highest BCUT2D eigenvalue weighted by Gasteiger charge is 2.35. The molecular weight excluding hydrogens is 146 g/mol. The SMILES string of the molecule is CCC1(C)SC=NC1CO. The van der Waals surface area contributed by atoms with Gasteiger partial charge in [0.15, 0.2) is 0 Å². The average Bonchev–Trinajstić information content (AvgIpc) is 2.32. The van der Waals surface area contributed by atoms with Crippen LogP contribution in [0.25, 0.3) is 0 Å². The van der Waals surface area contributed by atoms with Gasteiger partial charge in [0.1, 0.15) is 0 Å². The fourth-order valence-electron chi connectivity index (χ4n) is 1.02. The first-order valence-electron chi connectivity index (χ1n) is 3.53. The van der Waals surface area contributed by atoms with Gasteiger partial charge in [-0.25, -0.2) is 0 Å². The van der Waals surface area contributed by atoms with Gasteiger partial charge in [-0.05, 0) is 13.3 Å². The van der Waals surface area contributed by atoms with Gasteiger partial charge in [0.25, 0.3) is 0 Å². The van der Waals surface area contributed by atoms with E-state index in [2.05, 4.69) is 18.8 Å². The molecule has 2 nitrogen and oxygen atoms in total. The Bertz CT molecular complexity index is 149. The molecule has 1 aliphatic rings. The van der Waals surface area contributed by atoms with Crippen LogP contribution in [0, 0.1) is 0 Å². The van der Waals surface area contributed by atoms with Gasteiger partial charge in [-0.15, -0.1) is 11.8 Å². The maximum absolute atomic E-state index is 8.91. The molecule has 2 atom stereocenters. The quantitative estimate of drug-likeness (QED) is 0.658. The number of aliphatic hydroxyl groups is 1. The lowest BCUT2D eigenvalue weighted by atomic mass is 9.99. The maximum Gasteiger partial charge on any atom is 0.0883 e. The van der Waals surface area contributed by atoms with Crippen LogP contribution >= 0.6 is 11.8 Å². The fraction of sp³-hybridized carbons (Fsp3) is 0.857. The summed E-state index contributed by atoms with van der Waals surface area (Å²) in [6.45, 7) is 4.45. The van der Waals surface area contributed by atoms with Gasteiger partial charge in [-0.2, -0.15) is 0 Å². The Labute approximate surface area is 65.7 Å². The van der Waals surface area contributed by atoms with Crippen molar-refractivity contribution in [1.29, 1.82) is 0 Å². The molecule has 0 aromatic carbocycles. The van der Waals surface area contributed by atoms with Crippen molar-refractivity contribution in [2.75, 3.05) is 6.61 Å². The number of nitrogens with zero attached hydrogens (tertiary/aromatic N) is 1. The Kier molecular flexibility index (Phi) is 2.36. The first-order valence-corrected chi connectivity index (χ1v) is 4.41. The Morgan fingerprint density at radius 1 is 1.80 bits per heavy atom. The lowest BCUT2D eigenvalue weighted by molar-refractivity contribution is 0.245. The summed E-state index contributed by atoms with van der Waals surface area (Å²) < 4.78 is 0.148. The molecule has 1 N–H and O–H groups in total. The Morgan fingerprint density at radius 3 is 2.90 bits per heavy atom. The van der Waals surface area contributed by atoms with E-state index in [9.17, 15) is 0 Å². The van der Waals surface area contributed by atoms with Crippen molar-refractivity contribution in [3.63, 3.8) is 0 Å². The molecule has 0 saturated carbocycles. The smallest absolute Gasteiger partial charge is 0.0883 e. The zero-order valence-corrected chi connectivity index (χ0v) is 7.19. The molecule has 0 saturated heterocycles. The molecule has 2 unspecified atom stereocenters. The molecule has 0 bridgehead atoms. The number of aliphatic imine (C=N–C) groups is 1. The third-order valence-electron chi connectivity index (χ3n) is 2.14. The molecule has 3 heteroatoms. The molecule has 0 radical (unpaired) electrons. The Hall–Kier alpha value is -0.0200. The monoisotopic (exact) mass is 159 g/mol. The van der Waals surface area contributed by atoms with E-state index in [1.807, 2.05) is 5.55 Å². The number of aliphatic hydroxyl groups excluding tert-OH is 1. The van der Waals surface area contributed by atoms with Gasteiger partial charge >= 0.3 is 0 Å². The highest BCUT2D eigenvalue weighted by molar-refractivity contribution is 8.13. The van der Waals surface area contributed by atoms with E-state index in [4.69, 9.17) is 5.11 Å². The van der Waals surface area contributed by atoms with Crippen LogP contribution in [0.2, 0.25) is 0 Å². The number of rotatable bonds is 2. The Balaban J connectivity index is 2.62. The van der Waals surface area contributed by atoms with Gasteiger partial charge < -0.3 is 5.11 Å². The summed E-state index contributed by atoms with van der Waals surface area (Å²) in [6.07, 6.45) is 1.06. The maximum atomic E-state index is 8.91. The third kappa shape index (κ3) is 1.20. The predicted octanol–water partition coefficient (Wildman–Crippen LogP) is 1.29. The molecule has 0 aromatic heterocycles. The van der Waals surface area contributed by atoms with Crippen LogP contribution in [0.3, 0.4) is 0 Å². The van der Waals surface area contributed by atoms with E-state index in [1.165, 1.54) is 0 Å². The topological polar surface area (TPSA) is 32.6 Å². The van der Waals surface area contributed by atoms with Crippen molar-refractivity contribution in [2.45, 2.75) is 31.1 Å². The molecule has 10 heavy (non-hydrogen) atoms. The van der Waals surface area contributed by atoms with Crippen LogP contribution in [0.4, 0.5) is 0 Å². The molecule has 0 aliphatic carbocycles. The summed E-state index contributed by atoms with van der Waals surface area (Å²) in [5, 5.41) is 8.91. The highest BCUT2D eigenvalue weighted by atomic mass is 32.2. The zero-order valence-electron chi connectivity index (χ0n) is 6.37. The zero-order chi connectivity index (χ0) is 7.61. The molecule has 0 spiro atoms. The summed E-state index contributed by atoms with van der Waals surface area (Å²) in [4.78, 5) is 4.17. The van der Waals surface area contributed by atoms with Gasteiger partial charge in [-0.1, -0.05) is 6.92 Å². The second-order valence-electron chi connectivity index (χ2n) is 2.74. The second kappa shape index (κ2) is 2.93. The second-order valence-corrected chi connectivity index (χ2v) is 4.12. The lowest BCUT2D eigenvalue weighted by Crippen LogP contribution is -2.33. The van der Waals surface area contributed by atoms with Gasteiger partial charge in [0.05, 0.1) is 18.2 Å². The fourth-order valence-corrected chi connectivity index (χ4v) is 1.93. The minimum Gasteiger partial charge on any atom is -0.394 e. The summed E-state index contributed by atoms with van der Waals surface area (Å²) in [5.41, 5.74) is 1.85. The van der Waals surface area contributed by atoms with Crippen molar-refractivity contribution in [2.24, 2.45) is 4.99 Å². The normalized spacial score (nSPS) is 38.9. The summed E-state index contributed by atoms with van der Waals surface area (Å²) in [6, 6.07) is 0.113. The van der Waals surface area contributed by atoms with Crippen molar-refractivity contribution in [1.82, 2.24) is 0 Å². The van der Waals surface area contributed by atoms with Gasteiger partial charge in [0, 0.05) is 4.75 Å². The van der Waals surface area contributed by atoms with Gasteiger partial charge in [-0.3, -0.25) is 4.99 Å². The predicted molar refractivity (Wildman–Crippen MR) is 45.7 cm³/mol. The van der Waals surface area contributed by atoms with Crippen LogP contribution in [-0.4, -0.2) is 28.0 Å². The molecule has 0 amide bonds. The first-order chi connectivity index (χ1) is 4.73. The standard InChI is InChI=1S/C7H13NOS/c1-3-7(2)6(4-9)8-5-10-7/h5-6,9H,3-4H2,1-2H3. The van der Waals surface area contributed by atoms with Crippen molar-refractivity contribution < 1.29 is 5.11 Å². The molecule has 1 rings (SSSR count). The molecule has 0 aromatic rings. The van der Waals surface area contributed by atoms with Crippen LogP contribution in [0.15, 0.2) is 4.99 Å².